The molecule has 22 heavy (non-hydrogen) atoms. The third-order valence-electron chi connectivity index (χ3n) is 3.52. The summed E-state index contributed by atoms with van der Waals surface area (Å²) in [7, 11) is 3.27. The SMILES string of the molecule is CCN(C)C(=O)n1c(=O)n(C)c2nc(CC(C)(C)C)ncc21. The third kappa shape index (κ3) is 2.88. The average molecular weight is 305 g/mol. The summed E-state index contributed by atoms with van der Waals surface area (Å²) in [6.07, 6.45) is 2.26. The molecule has 1 amide bonds. The summed E-state index contributed by atoms with van der Waals surface area (Å²) >= 11 is 0. The Morgan fingerprint density at radius 1 is 1.36 bits per heavy atom. The molecule has 0 atom stereocenters. The van der Waals surface area contributed by atoms with Gasteiger partial charge in [-0.15, -0.1) is 0 Å². The van der Waals surface area contributed by atoms with E-state index in [2.05, 4.69) is 30.7 Å². The van der Waals surface area contributed by atoms with Crippen LogP contribution in [0.1, 0.15) is 33.5 Å². The molecule has 2 heterocycles. The largest absolute Gasteiger partial charge is 0.338 e. The highest BCUT2D eigenvalue weighted by Gasteiger charge is 2.21. The lowest BCUT2D eigenvalue weighted by atomic mass is 9.92. The molecule has 0 N–H and O–H groups in total. The van der Waals surface area contributed by atoms with E-state index in [4.69, 9.17) is 0 Å². The van der Waals surface area contributed by atoms with Crippen LogP contribution in [0.15, 0.2) is 11.0 Å². The van der Waals surface area contributed by atoms with Gasteiger partial charge in [-0.1, -0.05) is 20.8 Å². The predicted octanol–water partition coefficient (Wildman–Crippen LogP) is 1.64. The van der Waals surface area contributed by atoms with Gasteiger partial charge in [-0.2, -0.15) is 0 Å². The second-order valence-corrected chi connectivity index (χ2v) is 6.71. The van der Waals surface area contributed by atoms with Crippen molar-refractivity contribution in [3.63, 3.8) is 0 Å². The van der Waals surface area contributed by atoms with E-state index in [0.717, 1.165) is 4.57 Å². The summed E-state index contributed by atoms with van der Waals surface area (Å²) < 4.78 is 2.52. The fourth-order valence-electron chi connectivity index (χ4n) is 2.20. The molecule has 0 aromatic carbocycles. The Kier molecular flexibility index (Phi) is 4.08. The van der Waals surface area contributed by atoms with Gasteiger partial charge in [0.05, 0.1) is 6.20 Å². The van der Waals surface area contributed by atoms with Crippen LogP contribution >= 0.6 is 0 Å². The number of amides is 1. The Bertz CT molecular complexity index is 767. The molecule has 0 aliphatic rings. The first-order valence-corrected chi connectivity index (χ1v) is 7.34. The maximum Gasteiger partial charge on any atom is 0.338 e. The number of aromatic nitrogens is 4. The van der Waals surface area contributed by atoms with E-state index in [1.54, 1.807) is 20.3 Å². The standard InChI is InChI=1S/C15H23N5O2/c1-7-18(5)13(21)20-10-9-16-11(8-15(2,3)4)17-12(10)19(6)14(20)22/h9H,7-8H2,1-6H3. The zero-order valence-electron chi connectivity index (χ0n) is 14.0. The number of fused-ring (bicyclic) bond motifs is 1. The van der Waals surface area contributed by atoms with Gasteiger partial charge < -0.3 is 4.90 Å². The van der Waals surface area contributed by atoms with E-state index in [1.165, 1.54) is 9.47 Å². The quantitative estimate of drug-likeness (QED) is 0.845. The van der Waals surface area contributed by atoms with Gasteiger partial charge in [0.1, 0.15) is 11.3 Å². The minimum atomic E-state index is -0.400. The molecule has 0 unspecified atom stereocenters. The first kappa shape index (κ1) is 16.2. The minimum absolute atomic E-state index is 0.0490. The molecule has 120 valence electrons. The van der Waals surface area contributed by atoms with E-state index in [9.17, 15) is 9.59 Å². The van der Waals surface area contributed by atoms with Crippen LogP contribution in [0.25, 0.3) is 11.2 Å². The van der Waals surface area contributed by atoms with E-state index < -0.39 is 5.69 Å². The van der Waals surface area contributed by atoms with Crippen LogP contribution in [0, 0.1) is 5.41 Å². The maximum absolute atomic E-state index is 12.4. The molecule has 0 radical (unpaired) electrons. The normalized spacial score (nSPS) is 11.9. The number of carbonyl (C=O) groups excluding carboxylic acids is 1. The zero-order valence-corrected chi connectivity index (χ0v) is 14.0. The van der Waals surface area contributed by atoms with Crippen molar-refractivity contribution >= 4 is 17.2 Å². The zero-order chi connectivity index (χ0) is 16.7. The summed E-state index contributed by atoms with van der Waals surface area (Å²) in [5.74, 6) is 0.670. The molecule has 0 spiro atoms. The molecular formula is C15H23N5O2. The summed E-state index contributed by atoms with van der Waals surface area (Å²) in [5, 5.41) is 0. The molecule has 2 rings (SSSR count). The van der Waals surface area contributed by atoms with Crippen molar-refractivity contribution in [2.75, 3.05) is 13.6 Å². The van der Waals surface area contributed by atoms with Crippen molar-refractivity contribution in [3.05, 3.63) is 22.5 Å². The van der Waals surface area contributed by atoms with Crippen LogP contribution in [-0.2, 0) is 13.5 Å². The van der Waals surface area contributed by atoms with Gasteiger partial charge in [0, 0.05) is 27.1 Å². The fraction of sp³-hybridized carbons (Fsp3) is 0.600. The molecule has 7 heteroatoms. The summed E-state index contributed by atoms with van der Waals surface area (Å²) in [6.45, 7) is 8.68. The Morgan fingerprint density at radius 3 is 2.55 bits per heavy atom. The van der Waals surface area contributed by atoms with E-state index >= 15 is 0 Å². The van der Waals surface area contributed by atoms with Crippen molar-refractivity contribution in [1.29, 1.82) is 0 Å². The minimum Gasteiger partial charge on any atom is -0.327 e. The number of hydrogen-bond donors (Lipinski definition) is 0. The highest BCUT2D eigenvalue weighted by molar-refractivity contribution is 5.87. The van der Waals surface area contributed by atoms with Gasteiger partial charge in [0.15, 0.2) is 5.65 Å². The number of carbonyl (C=O) groups is 1. The molecular weight excluding hydrogens is 282 g/mol. The second-order valence-electron chi connectivity index (χ2n) is 6.71. The lowest BCUT2D eigenvalue weighted by molar-refractivity contribution is 0.212. The molecule has 0 saturated heterocycles. The van der Waals surface area contributed by atoms with Crippen molar-refractivity contribution in [3.8, 4) is 0 Å². The Hall–Kier alpha value is -2.18. The number of nitrogens with zero attached hydrogens (tertiary/aromatic N) is 5. The van der Waals surface area contributed by atoms with Gasteiger partial charge in [-0.3, -0.25) is 4.57 Å². The van der Waals surface area contributed by atoms with E-state index in [0.29, 0.717) is 30.0 Å². The number of rotatable bonds is 2. The summed E-state index contributed by atoms with van der Waals surface area (Å²) in [6, 6.07) is -0.370. The predicted molar refractivity (Wildman–Crippen MR) is 85.0 cm³/mol. The lowest BCUT2D eigenvalue weighted by Crippen LogP contribution is -2.37. The summed E-state index contributed by atoms with van der Waals surface area (Å²) in [5.41, 5.74) is 0.572. The van der Waals surface area contributed by atoms with Crippen molar-refractivity contribution < 1.29 is 4.79 Å². The van der Waals surface area contributed by atoms with Gasteiger partial charge >= 0.3 is 11.7 Å². The maximum atomic E-state index is 12.4. The van der Waals surface area contributed by atoms with Crippen molar-refractivity contribution in [1.82, 2.24) is 24.0 Å². The van der Waals surface area contributed by atoms with Gasteiger partial charge in [-0.25, -0.2) is 24.1 Å². The van der Waals surface area contributed by atoms with Gasteiger partial charge in [0.2, 0.25) is 0 Å². The molecule has 0 bridgehead atoms. The van der Waals surface area contributed by atoms with Crippen LogP contribution in [-0.4, -0.2) is 43.6 Å². The van der Waals surface area contributed by atoms with Gasteiger partial charge in [-0.05, 0) is 12.3 Å². The fourth-order valence-corrected chi connectivity index (χ4v) is 2.20. The van der Waals surface area contributed by atoms with E-state index in [1.807, 2.05) is 6.92 Å². The Balaban J connectivity index is 2.60. The number of imidazole rings is 1. The van der Waals surface area contributed by atoms with Crippen molar-refractivity contribution in [2.24, 2.45) is 12.5 Å². The molecule has 2 aromatic rings. The smallest absolute Gasteiger partial charge is 0.327 e. The lowest BCUT2D eigenvalue weighted by Gasteiger charge is -2.16. The molecule has 7 nitrogen and oxygen atoms in total. The number of hydrogen-bond acceptors (Lipinski definition) is 4. The Morgan fingerprint density at radius 2 is 2.00 bits per heavy atom. The second kappa shape index (κ2) is 5.55. The molecule has 0 aliphatic heterocycles. The van der Waals surface area contributed by atoms with Crippen LogP contribution in [0.2, 0.25) is 0 Å². The molecule has 0 saturated carbocycles. The molecule has 0 aliphatic carbocycles. The van der Waals surface area contributed by atoms with E-state index in [-0.39, 0.29) is 11.4 Å². The van der Waals surface area contributed by atoms with Gasteiger partial charge in [0.25, 0.3) is 0 Å². The number of aryl methyl sites for hydroxylation is 1. The average Bonchev–Trinajstić information content (AvgIpc) is 2.68. The topological polar surface area (TPSA) is 73.0 Å². The van der Waals surface area contributed by atoms with Crippen LogP contribution < -0.4 is 5.69 Å². The van der Waals surface area contributed by atoms with Crippen LogP contribution in [0.5, 0.6) is 0 Å². The Labute approximate surface area is 129 Å². The molecule has 0 fully saturated rings. The van der Waals surface area contributed by atoms with Crippen LogP contribution in [0.4, 0.5) is 4.79 Å². The molecule has 2 aromatic heterocycles. The third-order valence-corrected chi connectivity index (χ3v) is 3.52. The monoisotopic (exact) mass is 305 g/mol. The highest BCUT2D eigenvalue weighted by atomic mass is 16.2. The first-order valence-electron chi connectivity index (χ1n) is 7.34. The summed E-state index contributed by atoms with van der Waals surface area (Å²) in [4.78, 5) is 35.0. The highest BCUT2D eigenvalue weighted by Crippen LogP contribution is 2.19. The van der Waals surface area contributed by atoms with Crippen LogP contribution in [0.3, 0.4) is 0 Å². The van der Waals surface area contributed by atoms with Crippen molar-refractivity contribution in [2.45, 2.75) is 34.1 Å². The first-order chi connectivity index (χ1) is 10.2.